The Hall–Kier alpha value is -0.780. The van der Waals surface area contributed by atoms with Gasteiger partial charge in [0.05, 0.1) is 11.5 Å². The number of nitrogens with zero attached hydrogens (tertiary/aromatic N) is 1. The predicted molar refractivity (Wildman–Crippen MR) is 76.4 cm³/mol. The summed E-state index contributed by atoms with van der Waals surface area (Å²) >= 11 is 5.96. The van der Waals surface area contributed by atoms with Crippen LogP contribution in [0.1, 0.15) is 25.5 Å². The summed E-state index contributed by atoms with van der Waals surface area (Å²) in [6.45, 7) is 4.34. The summed E-state index contributed by atoms with van der Waals surface area (Å²) in [5.41, 5.74) is 0.735. The standard InChI is InChI=1S/C13H18ClNO3S/c1-9-8-19(17,18)6-5-15(9)10(2)12-7-11(14)3-4-13(12)16/h3-4,7,9-10,16H,5-6,8H2,1-2H3. The van der Waals surface area contributed by atoms with Crippen LogP contribution in [0.4, 0.5) is 0 Å². The van der Waals surface area contributed by atoms with Crippen LogP contribution < -0.4 is 0 Å². The number of phenols is 1. The number of hydrogen-bond acceptors (Lipinski definition) is 4. The molecule has 4 nitrogen and oxygen atoms in total. The second-order valence-electron chi connectivity index (χ2n) is 5.08. The number of halogens is 1. The fourth-order valence-corrected chi connectivity index (χ4v) is 4.39. The molecule has 0 bridgehead atoms. The number of rotatable bonds is 2. The van der Waals surface area contributed by atoms with Crippen LogP contribution in [0, 0.1) is 0 Å². The first-order valence-corrected chi connectivity index (χ1v) is 8.44. The van der Waals surface area contributed by atoms with E-state index in [-0.39, 0.29) is 29.3 Å². The van der Waals surface area contributed by atoms with Gasteiger partial charge in [0.25, 0.3) is 0 Å². The maximum atomic E-state index is 11.6. The molecule has 0 spiro atoms. The molecule has 0 aromatic heterocycles. The third-order valence-corrected chi connectivity index (χ3v) is 5.69. The molecule has 0 saturated carbocycles. The molecule has 1 aliphatic heterocycles. The monoisotopic (exact) mass is 303 g/mol. The molecule has 1 N–H and O–H groups in total. The first-order valence-electron chi connectivity index (χ1n) is 6.25. The summed E-state index contributed by atoms with van der Waals surface area (Å²) in [4.78, 5) is 2.09. The molecule has 2 atom stereocenters. The fraction of sp³-hybridized carbons (Fsp3) is 0.538. The minimum atomic E-state index is -2.93. The van der Waals surface area contributed by atoms with Gasteiger partial charge in [0.15, 0.2) is 9.84 Å². The van der Waals surface area contributed by atoms with Crippen molar-refractivity contribution in [3.8, 4) is 5.75 Å². The summed E-state index contributed by atoms with van der Waals surface area (Å²) in [5, 5.41) is 10.5. The van der Waals surface area contributed by atoms with Gasteiger partial charge in [-0.05, 0) is 32.0 Å². The minimum Gasteiger partial charge on any atom is -0.508 e. The number of aromatic hydroxyl groups is 1. The summed E-state index contributed by atoms with van der Waals surface area (Å²) in [5.74, 6) is 0.527. The van der Waals surface area contributed by atoms with Gasteiger partial charge in [0.1, 0.15) is 5.75 Å². The van der Waals surface area contributed by atoms with Gasteiger partial charge in [-0.15, -0.1) is 0 Å². The van der Waals surface area contributed by atoms with Crippen molar-refractivity contribution >= 4 is 21.4 Å². The smallest absolute Gasteiger partial charge is 0.153 e. The van der Waals surface area contributed by atoms with Gasteiger partial charge < -0.3 is 5.11 Å². The van der Waals surface area contributed by atoms with Crippen molar-refractivity contribution in [2.75, 3.05) is 18.1 Å². The highest BCUT2D eigenvalue weighted by atomic mass is 35.5. The third kappa shape index (κ3) is 3.22. The van der Waals surface area contributed by atoms with E-state index in [0.29, 0.717) is 11.6 Å². The summed E-state index contributed by atoms with van der Waals surface area (Å²) in [7, 11) is -2.93. The Balaban J connectivity index is 2.25. The van der Waals surface area contributed by atoms with Crippen molar-refractivity contribution < 1.29 is 13.5 Å². The van der Waals surface area contributed by atoms with Crippen LogP contribution in [0.2, 0.25) is 5.02 Å². The molecule has 0 radical (unpaired) electrons. The van der Waals surface area contributed by atoms with E-state index in [2.05, 4.69) is 4.90 Å². The fourth-order valence-electron chi connectivity index (χ4n) is 2.63. The van der Waals surface area contributed by atoms with Crippen LogP contribution in [0.3, 0.4) is 0 Å². The van der Waals surface area contributed by atoms with Crippen molar-refractivity contribution in [2.24, 2.45) is 0 Å². The second kappa shape index (κ2) is 5.31. The normalized spacial score (nSPS) is 25.1. The molecule has 1 aliphatic rings. The highest BCUT2D eigenvalue weighted by Crippen LogP contribution is 2.33. The molecule has 1 aromatic carbocycles. The van der Waals surface area contributed by atoms with E-state index in [1.807, 2.05) is 13.8 Å². The van der Waals surface area contributed by atoms with E-state index < -0.39 is 9.84 Å². The lowest BCUT2D eigenvalue weighted by Crippen LogP contribution is -2.47. The molecule has 19 heavy (non-hydrogen) atoms. The van der Waals surface area contributed by atoms with E-state index >= 15 is 0 Å². The summed E-state index contributed by atoms with van der Waals surface area (Å²) in [6, 6.07) is 4.81. The molecule has 106 valence electrons. The van der Waals surface area contributed by atoms with E-state index in [1.54, 1.807) is 18.2 Å². The van der Waals surface area contributed by atoms with Gasteiger partial charge in [-0.2, -0.15) is 0 Å². The average Bonchev–Trinajstić information content (AvgIpc) is 2.30. The van der Waals surface area contributed by atoms with Crippen LogP contribution in [-0.2, 0) is 9.84 Å². The van der Waals surface area contributed by atoms with Crippen molar-refractivity contribution in [1.29, 1.82) is 0 Å². The van der Waals surface area contributed by atoms with Gasteiger partial charge in [-0.1, -0.05) is 11.6 Å². The SMILES string of the molecule is CC1CS(=O)(=O)CCN1C(C)c1cc(Cl)ccc1O. The molecule has 1 saturated heterocycles. The zero-order valence-electron chi connectivity index (χ0n) is 11.0. The van der Waals surface area contributed by atoms with Gasteiger partial charge in [0.2, 0.25) is 0 Å². The Morgan fingerprint density at radius 1 is 1.47 bits per heavy atom. The van der Waals surface area contributed by atoms with E-state index in [9.17, 15) is 13.5 Å². The lowest BCUT2D eigenvalue weighted by molar-refractivity contribution is 0.167. The lowest BCUT2D eigenvalue weighted by atomic mass is 10.0. The molecule has 2 rings (SSSR count). The largest absolute Gasteiger partial charge is 0.508 e. The molecule has 0 amide bonds. The van der Waals surface area contributed by atoms with E-state index in [4.69, 9.17) is 11.6 Å². The zero-order chi connectivity index (χ0) is 14.2. The van der Waals surface area contributed by atoms with Crippen LogP contribution in [0.5, 0.6) is 5.75 Å². The lowest BCUT2D eigenvalue weighted by Gasteiger charge is -2.38. The molecular weight excluding hydrogens is 286 g/mol. The Morgan fingerprint density at radius 2 is 2.16 bits per heavy atom. The number of hydrogen-bond donors (Lipinski definition) is 1. The molecular formula is C13H18ClNO3S. The zero-order valence-corrected chi connectivity index (χ0v) is 12.6. The second-order valence-corrected chi connectivity index (χ2v) is 7.75. The molecule has 1 aromatic rings. The van der Waals surface area contributed by atoms with Gasteiger partial charge >= 0.3 is 0 Å². The highest BCUT2D eigenvalue weighted by Gasteiger charge is 2.32. The molecule has 0 aliphatic carbocycles. The Bertz CT molecular complexity index is 573. The molecule has 2 unspecified atom stereocenters. The first-order chi connectivity index (χ1) is 8.80. The van der Waals surface area contributed by atoms with Gasteiger partial charge in [0, 0.05) is 29.2 Å². The van der Waals surface area contributed by atoms with Crippen molar-refractivity contribution in [3.63, 3.8) is 0 Å². The van der Waals surface area contributed by atoms with Crippen LogP contribution in [0.25, 0.3) is 0 Å². The van der Waals surface area contributed by atoms with Crippen LogP contribution in [-0.4, -0.2) is 42.5 Å². The molecule has 6 heteroatoms. The number of benzene rings is 1. The predicted octanol–water partition coefficient (Wildman–Crippen LogP) is 2.23. The van der Waals surface area contributed by atoms with Crippen LogP contribution >= 0.6 is 11.6 Å². The first kappa shape index (κ1) is 14.6. The molecule has 1 heterocycles. The van der Waals surface area contributed by atoms with Crippen molar-refractivity contribution in [3.05, 3.63) is 28.8 Å². The van der Waals surface area contributed by atoms with E-state index in [1.165, 1.54) is 0 Å². The topological polar surface area (TPSA) is 57.6 Å². The van der Waals surface area contributed by atoms with Crippen LogP contribution in [0.15, 0.2) is 18.2 Å². The van der Waals surface area contributed by atoms with Gasteiger partial charge in [-0.25, -0.2) is 8.42 Å². The van der Waals surface area contributed by atoms with Crippen molar-refractivity contribution in [1.82, 2.24) is 4.90 Å². The van der Waals surface area contributed by atoms with Gasteiger partial charge in [-0.3, -0.25) is 4.90 Å². The van der Waals surface area contributed by atoms with Crippen molar-refractivity contribution in [2.45, 2.75) is 25.9 Å². The minimum absolute atomic E-state index is 0.0628. The quantitative estimate of drug-likeness (QED) is 0.910. The summed E-state index contributed by atoms with van der Waals surface area (Å²) < 4.78 is 23.2. The Morgan fingerprint density at radius 3 is 2.79 bits per heavy atom. The number of phenolic OH excluding ortho intramolecular Hbond substituents is 1. The average molecular weight is 304 g/mol. The summed E-state index contributed by atoms with van der Waals surface area (Å²) in [6.07, 6.45) is 0. The maximum Gasteiger partial charge on any atom is 0.153 e. The Labute approximate surface area is 118 Å². The Kier molecular flexibility index (Phi) is 4.08. The maximum absolute atomic E-state index is 11.6. The third-order valence-electron chi connectivity index (χ3n) is 3.66. The molecule has 1 fully saturated rings. The highest BCUT2D eigenvalue weighted by molar-refractivity contribution is 7.91. The van der Waals surface area contributed by atoms with E-state index in [0.717, 1.165) is 5.56 Å². The number of sulfone groups is 1.